The van der Waals surface area contributed by atoms with Crippen LogP contribution in [0.15, 0.2) is 36.4 Å². The number of benzene rings is 2. The Bertz CT molecular complexity index is 1270. The molecule has 2 aromatic carbocycles. The lowest BCUT2D eigenvalue weighted by Gasteiger charge is -2.18. The van der Waals surface area contributed by atoms with Gasteiger partial charge in [0.25, 0.3) is 0 Å². The highest BCUT2D eigenvalue weighted by Gasteiger charge is 2.18. The summed E-state index contributed by atoms with van der Waals surface area (Å²) in [6, 6.07) is 11.0. The minimum atomic E-state index is -0.343. The van der Waals surface area contributed by atoms with Gasteiger partial charge in [0.1, 0.15) is 16.5 Å². The number of ether oxygens (including phenoxy) is 2. The van der Waals surface area contributed by atoms with Crippen molar-refractivity contribution < 1.29 is 19.4 Å². The van der Waals surface area contributed by atoms with E-state index >= 15 is 0 Å². The number of aromatic nitrogens is 2. The van der Waals surface area contributed by atoms with Gasteiger partial charge < -0.3 is 19.9 Å². The van der Waals surface area contributed by atoms with E-state index in [-0.39, 0.29) is 17.8 Å². The van der Waals surface area contributed by atoms with Crippen LogP contribution < -0.4 is 10.1 Å². The number of esters is 1. The molecule has 0 aliphatic heterocycles. The zero-order valence-corrected chi connectivity index (χ0v) is 17.8. The summed E-state index contributed by atoms with van der Waals surface area (Å²) in [5, 5.41) is 15.3. The molecule has 4 rings (SSSR count). The number of aryl methyl sites for hydroxylation is 1. The highest BCUT2D eigenvalue weighted by molar-refractivity contribution is 7.20. The zero-order chi connectivity index (χ0) is 21.4. The van der Waals surface area contributed by atoms with E-state index in [2.05, 4.69) is 15.3 Å². The lowest BCUT2D eigenvalue weighted by atomic mass is 10.0. The number of nitrogens with one attached hydrogen (secondary N) is 1. The number of methoxy groups -OCH3 is 2. The van der Waals surface area contributed by atoms with E-state index in [1.165, 1.54) is 25.6 Å². The second kappa shape index (κ2) is 7.79. The molecule has 0 aliphatic carbocycles. The summed E-state index contributed by atoms with van der Waals surface area (Å²) in [7, 11) is 2.88. The van der Waals surface area contributed by atoms with Crippen molar-refractivity contribution in [3.63, 3.8) is 0 Å². The monoisotopic (exact) mass is 423 g/mol. The van der Waals surface area contributed by atoms with Gasteiger partial charge in [0, 0.05) is 16.2 Å². The summed E-state index contributed by atoms with van der Waals surface area (Å²) in [5.41, 5.74) is 1.70. The average molecular weight is 423 g/mol. The molecule has 0 fully saturated rings. The number of carbonyl (C=O) groups is 1. The maximum atomic E-state index is 11.9. The molecule has 0 aliphatic rings. The Kier molecular flexibility index (Phi) is 5.17. The number of thiophene rings is 1. The fourth-order valence-electron chi connectivity index (χ4n) is 3.48. The number of nitrogens with zero attached hydrogens (tertiary/aromatic N) is 2. The van der Waals surface area contributed by atoms with Crippen LogP contribution in [-0.4, -0.2) is 35.3 Å². The number of rotatable bonds is 5. The average Bonchev–Trinajstić information content (AvgIpc) is 3.17. The number of carbonyl (C=O) groups excluding carboxylic acids is 1. The minimum absolute atomic E-state index is 0.0239. The molecule has 2 N–H and O–H groups in total. The molecule has 1 atom stereocenters. The molecule has 0 radical (unpaired) electrons. The smallest absolute Gasteiger partial charge is 0.348 e. The second-order valence-corrected chi connectivity index (χ2v) is 7.97. The number of phenols is 1. The minimum Gasteiger partial charge on any atom is -0.504 e. The fourth-order valence-corrected chi connectivity index (χ4v) is 4.49. The van der Waals surface area contributed by atoms with Crippen molar-refractivity contribution >= 4 is 44.1 Å². The van der Waals surface area contributed by atoms with Crippen molar-refractivity contribution in [3.05, 3.63) is 52.7 Å². The van der Waals surface area contributed by atoms with Crippen LogP contribution >= 0.6 is 11.3 Å². The molecular formula is C22H21N3O4S. The molecule has 0 bridgehead atoms. The predicted octanol–water partition coefficient (Wildman–Crippen LogP) is 4.83. The summed E-state index contributed by atoms with van der Waals surface area (Å²) in [6.07, 6.45) is 0. The Balaban J connectivity index is 1.76. The van der Waals surface area contributed by atoms with Gasteiger partial charge in [-0.1, -0.05) is 12.1 Å². The van der Waals surface area contributed by atoms with E-state index in [0.29, 0.717) is 33.2 Å². The first-order valence-corrected chi connectivity index (χ1v) is 10.2. The van der Waals surface area contributed by atoms with E-state index in [9.17, 15) is 9.90 Å². The van der Waals surface area contributed by atoms with E-state index in [4.69, 9.17) is 9.47 Å². The summed E-state index contributed by atoms with van der Waals surface area (Å²) >= 11 is 1.40. The predicted molar refractivity (Wildman–Crippen MR) is 118 cm³/mol. The molecule has 0 saturated heterocycles. The number of fused-ring (bicyclic) bond motifs is 2. The number of aromatic hydroxyl groups is 1. The molecule has 0 saturated carbocycles. The van der Waals surface area contributed by atoms with Crippen LogP contribution in [0, 0.1) is 6.92 Å². The number of hydrogen-bond donors (Lipinski definition) is 2. The quantitative estimate of drug-likeness (QED) is 0.444. The topological polar surface area (TPSA) is 93.6 Å². The van der Waals surface area contributed by atoms with Gasteiger partial charge in [-0.15, -0.1) is 11.3 Å². The van der Waals surface area contributed by atoms with Gasteiger partial charge in [-0.3, -0.25) is 0 Å². The van der Waals surface area contributed by atoms with E-state index in [1.54, 1.807) is 12.1 Å². The SMILES string of the molecule is COC(=O)c1cc2c(C(C)Nc3nc(C)nc4cc(OC)c(O)cc34)cccc2s1. The van der Waals surface area contributed by atoms with Crippen molar-refractivity contribution in [3.8, 4) is 11.5 Å². The van der Waals surface area contributed by atoms with Crippen LogP contribution in [0.2, 0.25) is 0 Å². The highest BCUT2D eigenvalue weighted by Crippen LogP contribution is 2.36. The molecular weight excluding hydrogens is 402 g/mol. The maximum Gasteiger partial charge on any atom is 0.348 e. The van der Waals surface area contributed by atoms with Gasteiger partial charge in [-0.2, -0.15) is 0 Å². The Labute approximate surface area is 177 Å². The van der Waals surface area contributed by atoms with Crippen LogP contribution in [0.1, 0.15) is 34.0 Å². The lowest BCUT2D eigenvalue weighted by molar-refractivity contribution is 0.0606. The van der Waals surface area contributed by atoms with Crippen LogP contribution in [0.5, 0.6) is 11.5 Å². The molecule has 154 valence electrons. The molecule has 4 aromatic rings. The van der Waals surface area contributed by atoms with Gasteiger partial charge in [0.15, 0.2) is 11.5 Å². The summed E-state index contributed by atoms with van der Waals surface area (Å²) in [6.45, 7) is 3.84. The number of phenolic OH excluding ortho intramolecular Hbond substituents is 1. The van der Waals surface area contributed by atoms with Crippen molar-refractivity contribution in [1.29, 1.82) is 0 Å². The Morgan fingerprint density at radius 3 is 2.70 bits per heavy atom. The molecule has 7 nitrogen and oxygen atoms in total. The molecule has 0 spiro atoms. The lowest BCUT2D eigenvalue weighted by Crippen LogP contribution is -2.10. The Morgan fingerprint density at radius 1 is 1.17 bits per heavy atom. The Hall–Kier alpha value is -3.39. The van der Waals surface area contributed by atoms with Gasteiger partial charge in [0.2, 0.25) is 0 Å². The van der Waals surface area contributed by atoms with E-state index in [0.717, 1.165) is 15.6 Å². The Morgan fingerprint density at radius 2 is 1.97 bits per heavy atom. The maximum absolute atomic E-state index is 11.9. The van der Waals surface area contributed by atoms with Gasteiger partial charge in [-0.25, -0.2) is 14.8 Å². The van der Waals surface area contributed by atoms with Gasteiger partial charge >= 0.3 is 5.97 Å². The standard InChI is InChI=1S/C22H21N3O4S/c1-11(13-6-5-7-19-14(13)9-20(30-19)22(27)29-4)23-21-15-8-17(26)18(28-3)10-16(15)24-12(2)25-21/h5-11,26H,1-4H3,(H,23,24,25). The third kappa shape index (κ3) is 3.50. The first-order valence-electron chi connectivity index (χ1n) is 9.34. The second-order valence-electron chi connectivity index (χ2n) is 6.89. The number of anilines is 1. The molecule has 8 heteroatoms. The molecule has 0 amide bonds. The van der Waals surface area contributed by atoms with Gasteiger partial charge in [-0.05, 0) is 43.0 Å². The number of hydrogen-bond acceptors (Lipinski definition) is 8. The molecule has 2 heterocycles. The molecule has 30 heavy (non-hydrogen) atoms. The van der Waals surface area contributed by atoms with E-state index < -0.39 is 0 Å². The van der Waals surface area contributed by atoms with Gasteiger partial charge in [0.05, 0.1) is 25.8 Å². The van der Waals surface area contributed by atoms with Crippen molar-refractivity contribution in [1.82, 2.24) is 9.97 Å². The van der Waals surface area contributed by atoms with Crippen LogP contribution in [0.25, 0.3) is 21.0 Å². The van der Waals surface area contributed by atoms with Crippen LogP contribution in [0.3, 0.4) is 0 Å². The summed E-state index contributed by atoms with van der Waals surface area (Å²) in [5.74, 6) is 1.26. The fraction of sp³-hybridized carbons (Fsp3) is 0.227. The van der Waals surface area contributed by atoms with E-state index in [1.807, 2.05) is 38.1 Å². The first kappa shape index (κ1) is 19.9. The van der Waals surface area contributed by atoms with Crippen molar-refractivity contribution in [2.75, 3.05) is 19.5 Å². The van der Waals surface area contributed by atoms with Crippen molar-refractivity contribution in [2.24, 2.45) is 0 Å². The summed E-state index contributed by atoms with van der Waals surface area (Å²) < 4.78 is 11.1. The van der Waals surface area contributed by atoms with Crippen LogP contribution in [-0.2, 0) is 4.74 Å². The summed E-state index contributed by atoms with van der Waals surface area (Å²) in [4.78, 5) is 21.5. The highest BCUT2D eigenvalue weighted by atomic mass is 32.1. The zero-order valence-electron chi connectivity index (χ0n) is 17.0. The van der Waals surface area contributed by atoms with Crippen LogP contribution in [0.4, 0.5) is 5.82 Å². The third-order valence-electron chi connectivity index (χ3n) is 4.91. The molecule has 2 aromatic heterocycles. The largest absolute Gasteiger partial charge is 0.504 e. The van der Waals surface area contributed by atoms with Crippen molar-refractivity contribution in [2.45, 2.75) is 19.9 Å². The normalized spacial score (nSPS) is 12.1. The molecule has 1 unspecified atom stereocenters. The third-order valence-corrected chi connectivity index (χ3v) is 5.99. The first-order chi connectivity index (χ1) is 14.4.